The summed E-state index contributed by atoms with van der Waals surface area (Å²) in [6.45, 7) is 3.23. The van der Waals surface area contributed by atoms with E-state index in [1.165, 1.54) is 13.2 Å². The number of benzene rings is 1. The van der Waals surface area contributed by atoms with Crippen molar-refractivity contribution in [2.75, 3.05) is 7.11 Å². The zero-order valence-corrected chi connectivity index (χ0v) is 11.5. The molecule has 0 aliphatic heterocycles. The number of carboxylic acids is 1. The molecule has 5 heteroatoms. The lowest BCUT2D eigenvalue weighted by Crippen LogP contribution is -2.26. The van der Waals surface area contributed by atoms with Gasteiger partial charge in [-0.2, -0.15) is 0 Å². The molecule has 1 aromatic rings. The zero-order chi connectivity index (χ0) is 13.2. The van der Waals surface area contributed by atoms with E-state index in [2.05, 4.69) is 15.9 Å². The summed E-state index contributed by atoms with van der Waals surface area (Å²) >= 11 is 3.08. The average Bonchev–Trinajstić information content (AvgIpc) is 2.22. The summed E-state index contributed by atoms with van der Waals surface area (Å²) in [6.07, 6.45) is 0.268. The Kier molecular flexibility index (Phi) is 4.14. The largest absolute Gasteiger partial charge is 0.496 e. The van der Waals surface area contributed by atoms with Crippen LogP contribution in [0.2, 0.25) is 0 Å². The minimum absolute atomic E-state index is 0.268. The maximum absolute atomic E-state index is 13.3. The minimum Gasteiger partial charge on any atom is -0.496 e. The summed E-state index contributed by atoms with van der Waals surface area (Å²) in [5, 5.41) is 9.06. The van der Waals surface area contributed by atoms with Crippen molar-refractivity contribution < 1.29 is 19.0 Å². The van der Waals surface area contributed by atoms with Gasteiger partial charge in [0.1, 0.15) is 11.6 Å². The van der Waals surface area contributed by atoms with Gasteiger partial charge in [0.2, 0.25) is 0 Å². The van der Waals surface area contributed by atoms with Crippen molar-refractivity contribution in [3.63, 3.8) is 0 Å². The normalized spacial score (nSPS) is 11.4. The van der Waals surface area contributed by atoms with Gasteiger partial charge in [-0.25, -0.2) is 4.39 Å². The van der Waals surface area contributed by atoms with E-state index in [-0.39, 0.29) is 6.42 Å². The number of hydrogen-bond donors (Lipinski definition) is 1. The van der Waals surface area contributed by atoms with Crippen molar-refractivity contribution in [3.05, 3.63) is 28.0 Å². The van der Waals surface area contributed by atoms with Crippen LogP contribution < -0.4 is 4.74 Å². The van der Waals surface area contributed by atoms with E-state index in [1.54, 1.807) is 19.9 Å². The number of halogens is 2. The molecule has 0 aliphatic rings. The SMILES string of the molecule is COc1cc(F)c(Br)cc1CC(C)(C)C(=O)O. The van der Waals surface area contributed by atoms with Crippen LogP contribution in [0.3, 0.4) is 0 Å². The summed E-state index contributed by atoms with van der Waals surface area (Å²) < 4.78 is 18.6. The quantitative estimate of drug-likeness (QED) is 0.929. The van der Waals surface area contributed by atoms with Crippen molar-refractivity contribution >= 4 is 21.9 Å². The van der Waals surface area contributed by atoms with E-state index in [0.29, 0.717) is 15.8 Å². The van der Waals surface area contributed by atoms with Crippen LogP contribution in [-0.2, 0) is 11.2 Å². The second-order valence-corrected chi connectivity index (χ2v) is 5.30. The van der Waals surface area contributed by atoms with Gasteiger partial charge < -0.3 is 9.84 Å². The molecule has 0 aromatic heterocycles. The van der Waals surface area contributed by atoms with E-state index in [9.17, 15) is 9.18 Å². The Morgan fingerprint density at radius 1 is 1.53 bits per heavy atom. The Hall–Kier alpha value is -1.10. The van der Waals surface area contributed by atoms with Crippen molar-refractivity contribution in [3.8, 4) is 5.75 Å². The highest BCUT2D eigenvalue weighted by atomic mass is 79.9. The molecule has 0 aliphatic carbocycles. The van der Waals surface area contributed by atoms with Gasteiger partial charge in [-0.05, 0) is 47.8 Å². The van der Waals surface area contributed by atoms with Gasteiger partial charge in [-0.1, -0.05) is 0 Å². The first-order valence-corrected chi connectivity index (χ1v) is 5.82. The van der Waals surface area contributed by atoms with Crippen molar-refractivity contribution in [1.29, 1.82) is 0 Å². The molecule has 0 radical (unpaired) electrons. The summed E-state index contributed by atoms with van der Waals surface area (Å²) in [5.74, 6) is -0.973. The first-order valence-electron chi connectivity index (χ1n) is 5.03. The molecule has 0 atom stereocenters. The van der Waals surface area contributed by atoms with Gasteiger partial charge in [0.15, 0.2) is 0 Å². The van der Waals surface area contributed by atoms with Crippen LogP contribution in [0.1, 0.15) is 19.4 Å². The number of methoxy groups -OCH3 is 1. The second-order valence-electron chi connectivity index (χ2n) is 4.44. The third-order valence-corrected chi connectivity index (χ3v) is 3.14. The van der Waals surface area contributed by atoms with Gasteiger partial charge >= 0.3 is 5.97 Å². The van der Waals surface area contributed by atoms with Gasteiger partial charge in [0.25, 0.3) is 0 Å². The lowest BCUT2D eigenvalue weighted by atomic mass is 9.85. The molecule has 1 N–H and O–H groups in total. The fraction of sp³-hybridized carbons (Fsp3) is 0.417. The number of hydrogen-bond acceptors (Lipinski definition) is 2. The van der Waals surface area contributed by atoms with Crippen LogP contribution in [0.4, 0.5) is 4.39 Å². The number of rotatable bonds is 4. The molecule has 0 fully saturated rings. The van der Waals surface area contributed by atoms with Gasteiger partial charge in [0, 0.05) is 6.07 Å². The molecule has 0 saturated carbocycles. The summed E-state index contributed by atoms with van der Waals surface area (Å²) in [5.41, 5.74) is -0.266. The molecular weight excluding hydrogens is 291 g/mol. The fourth-order valence-corrected chi connectivity index (χ4v) is 1.84. The Labute approximate surface area is 108 Å². The summed E-state index contributed by atoms with van der Waals surface area (Å²) in [4.78, 5) is 11.1. The highest BCUT2D eigenvalue weighted by Gasteiger charge is 2.29. The first kappa shape index (κ1) is 14.0. The highest BCUT2D eigenvalue weighted by Crippen LogP contribution is 2.32. The molecule has 0 unspecified atom stereocenters. The average molecular weight is 305 g/mol. The second kappa shape index (κ2) is 5.04. The maximum Gasteiger partial charge on any atom is 0.309 e. The number of carbonyl (C=O) groups is 1. The van der Waals surface area contributed by atoms with Crippen LogP contribution in [-0.4, -0.2) is 18.2 Å². The number of aliphatic carboxylic acids is 1. The van der Waals surface area contributed by atoms with Crippen LogP contribution in [0.5, 0.6) is 5.75 Å². The molecule has 94 valence electrons. The third kappa shape index (κ3) is 3.19. The van der Waals surface area contributed by atoms with Gasteiger partial charge in [-0.15, -0.1) is 0 Å². The Morgan fingerprint density at radius 2 is 2.12 bits per heavy atom. The van der Waals surface area contributed by atoms with E-state index < -0.39 is 17.2 Å². The predicted molar refractivity (Wildman–Crippen MR) is 65.8 cm³/mol. The molecule has 0 spiro atoms. The monoisotopic (exact) mass is 304 g/mol. The molecule has 0 saturated heterocycles. The molecule has 0 amide bonds. The van der Waals surface area contributed by atoms with Crippen LogP contribution >= 0.6 is 15.9 Å². The Morgan fingerprint density at radius 3 is 2.59 bits per heavy atom. The predicted octanol–water partition coefficient (Wildman–Crippen LogP) is 3.25. The summed E-state index contributed by atoms with van der Waals surface area (Å²) in [7, 11) is 1.43. The van der Waals surface area contributed by atoms with E-state index >= 15 is 0 Å². The van der Waals surface area contributed by atoms with E-state index in [0.717, 1.165) is 0 Å². The molecule has 1 aromatic carbocycles. The smallest absolute Gasteiger partial charge is 0.309 e. The lowest BCUT2D eigenvalue weighted by Gasteiger charge is -2.20. The number of ether oxygens (including phenoxy) is 1. The zero-order valence-electron chi connectivity index (χ0n) is 9.88. The standard InChI is InChI=1S/C12H14BrFO3/c1-12(2,11(15)16)6-7-4-8(13)9(14)5-10(7)17-3/h4-5H,6H2,1-3H3,(H,15,16). The molecule has 0 bridgehead atoms. The third-order valence-electron chi connectivity index (χ3n) is 2.53. The van der Waals surface area contributed by atoms with Crippen LogP contribution in [0, 0.1) is 11.2 Å². The maximum atomic E-state index is 13.3. The topological polar surface area (TPSA) is 46.5 Å². The van der Waals surface area contributed by atoms with Gasteiger partial charge in [-0.3, -0.25) is 4.79 Å². The highest BCUT2D eigenvalue weighted by molar-refractivity contribution is 9.10. The fourth-order valence-electron chi connectivity index (χ4n) is 1.45. The van der Waals surface area contributed by atoms with Gasteiger partial charge in [0.05, 0.1) is 17.0 Å². The van der Waals surface area contributed by atoms with Crippen LogP contribution in [0.25, 0.3) is 0 Å². The molecule has 0 heterocycles. The minimum atomic E-state index is -0.926. The molecular formula is C12H14BrFO3. The first-order chi connectivity index (χ1) is 7.77. The Bertz CT molecular complexity index is 444. The van der Waals surface area contributed by atoms with Crippen molar-refractivity contribution in [2.24, 2.45) is 5.41 Å². The van der Waals surface area contributed by atoms with E-state index in [1.807, 2.05) is 0 Å². The molecule has 1 rings (SSSR count). The van der Waals surface area contributed by atoms with Crippen molar-refractivity contribution in [2.45, 2.75) is 20.3 Å². The molecule has 17 heavy (non-hydrogen) atoms. The lowest BCUT2D eigenvalue weighted by molar-refractivity contribution is -0.146. The number of carboxylic acid groups (broad SMARTS) is 1. The van der Waals surface area contributed by atoms with Crippen molar-refractivity contribution in [1.82, 2.24) is 0 Å². The van der Waals surface area contributed by atoms with Crippen LogP contribution in [0.15, 0.2) is 16.6 Å². The Balaban J connectivity index is 3.14. The molecule has 3 nitrogen and oxygen atoms in total. The summed E-state index contributed by atoms with van der Waals surface area (Å²) in [6, 6.07) is 2.80. The van der Waals surface area contributed by atoms with E-state index in [4.69, 9.17) is 9.84 Å².